The molecule has 0 radical (unpaired) electrons. The molecule has 28 heteroatoms. The third kappa shape index (κ3) is 21.8. The molecule has 4 rings (SSSR count). The molecule has 0 saturated carbocycles. The molecule has 0 spiro atoms. The van der Waals surface area contributed by atoms with Crippen molar-refractivity contribution in [3.05, 3.63) is 71.9 Å². The molecule has 7 atom stereocenters. The van der Waals surface area contributed by atoms with E-state index in [1.807, 2.05) is 6.07 Å². The summed E-state index contributed by atoms with van der Waals surface area (Å²) in [5.74, 6) is -8.62. The molecule has 27 nitrogen and oxygen atoms in total. The van der Waals surface area contributed by atoms with Crippen LogP contribution in [0.1, 0.15) is 75.8 Å². The number of benzene rings is 2. The Morgan fingerprint density at radius 1 is 0.701 bits per heavy atom. The van der Waals surface area contributed by atoms with Crippen LogP contribution in [0.25, 0.3) is 10.9 Å². The number of amides is 9. The van der Waals surface area contributed by atoms with Crippen LogP contribution in [0.4, 0.5) is 0 Å². The lowest BCUT2D eigenvalue weighted by molar-refractivity contribution is -0.135. The van der Waals surface area contributed by atoms with Gasteiger partial charge >= 0.3 is 0 Å². The number of aromatic nitrogens is 1. The number of nitrogens with one attached hydrogen (secondary N) is 9. The van der Waals surface area contributed by atoms with Crippen LogP contribution in [0.5, 0.6) is 0 Å². The highest BCUT2D eigenvalue weighted by atomic mass is 32.2. The van der Waals surface area contributed by atoms with E-state index in [9.17, 15) is 51.6 Å². The lowest BCUT2D eigenvalue weighted by Gasteiger charge is -2.28. The van der Waals surface area contributed by atoms with Gasteiger partial charge in [0.2, 0.25) is 53.2 Å². The van der Waals surface area contributed by atoms with Crippen molar-refractivity contribution in [3.8, 4) is 0 Å². The van der Waals surface area contributed by atoms with E-state index in [1.165, 1.54) is 6.92 Å². The summed E-state index contributed by atoms with van der Waals surface area (Å²) >= 11 is 0. The largest absolute Gasteiger partial charge is 0.370 e. The van der Waals surface area contributed by atoms with Crippen LogP contribution in [-0.2, 0) is 65.8 Å². The van der Waals surface area contributed by atoms with Crippen molar-refractivity contribution in [2.45, 2.75) is 120 Å². The molecule has 2 aromatic carbocycles. The molecular formula is C49H72N16O11S. The van der Waals surface area contributed by atoms with E-state index in [1.54, 1.807) is 54.7 Å². The van der Waals surface area contributed by atoms with Gasteiger partial charge < -0.3 is 76.2 Å². The average molecular weight is 1090 g/mol. The monoisotopic (exact) mass is 1090 g/mol. The van der Waals surface area contributed by atoms with Crippen molar-refractivity contribution >= 4 is 85.8 Å². The molecule has 1 aromatic heterocycles. The summed E-state index contributed by atoms with van der Waals surface area (Å²) in [6.45, 7) is 1.10. The number of sulfone groups is 1. The van der Waals surface area contributed by atoms with Crippen molar-refractivity contribution < 1.29 is 51.6 Å². The van der Waals surface area contributed by atoms with Crippen LogP contribution in [0, 0.1) is 0 Å². The number of primary amides is 1. The highest BCUT2D eigenvalue weighted by molar-refractivity contribution is 7.90. The van der Waals surface area contributed by atoms with Gasteiger partial charge in [0.25, 0.3) is 0 Å². The molecule has 77 heavy (non-hydrogen) atoms. The Bertz CT molecular complexity index is 2730. The molecule has 0 unspecified atom stereocenters. The quantitative estimate of drug-likeness (QED) is 0.0310. The third-order valence-corrected chi connectivity index (χ3v) is 13.2. The number of rotatable bonds is 19. The van der Waals surface area contributed by atoms with E-state index in [-0.39, 0.29) is 95.8 Å². The van der Waals surface area contributed by atoms with E-state index in [2.05, 4.69) is 57.5 Å². The van der Waals surface area contributed by atoms with Crippen molar-refractivity contribution in [1.82, 2.24) is 47.5 Å². The molecule has 3 aromatic rings. The van der Waals surface area contributed by atoms with Crippen LogP contribution in [0.15, 0.2) is 70.8 Å². The molecule has 420 valence electrons. The molecule has 9 amide bonds. The van der Waals surface area contributed by atoms with E-state index in [4.69, 9.17) is 28.7 Å². The molecule has 1 aliphatic heterocycles. The number of aromatic amines is 1. The second-order valence-corrected chi connectivity index (χ2v) is 20.9. The summed E-state index contributed by atoms with van der Waals surface area (Å²) in [5, 5.41) is 21.6. The SMILES string of the molecule is CC(=O)N[C@@H](CCCN=C(N)N)C(=O)N[C@H]1CCCC(=O)NCC[C@@H](C(N)=O)NC(=O)[C@H](Cc2c[nH]c3ccccc23)NC(=O)[C@H](CCCN=C(N)N)NC(=O)[C@@H](Cc2ccccc2)NC(=O)[C@H](CCS(C)(=O)=O)NC1=O. The number of carbonyl (C=O) groups is 9. The van der Waals surface area contributed by atoms with E-state index in [0.717, 1.165) is 17.2 Å². The number of H-pyrrole nitrogens is 1. The molecule has 2 heterocycles. The Kier molecular flexibility index (Phi) is 24.1. The van der Waals surface area contributed by atoms with Crippen LogP contribution in [0.3, 0.4) is 0 Å². The van der Waals surface area contributed by atoms with Crippen molar-refractivity contribution in [1.29, 1.82) is 0 Å². The fraction of sp³-hybridized carbons (Fsp3) is 0.490. The number of hydrogen-bond donors (Lipinski definition) is 14. The number of guanidine groups is 2. The van der Waals surface area contributed by atoms with E-state index < -0.39 is 117 Å². The predicted molar refractivity (Wildman–Crippen MR) is 286 cm³/mol. The summed E-state index contributed by atoms with van der Waals surface area (Å²) in [5.41, 5.74) is 29.6. The molecular weight excluding hydrogens is 1020 g/mol. The normalized spacial score (nSPS) is 21.1. The van der Waals surface area contributed by atoms with Crippen molar-refractivity contribution in [3.63, 3.8) is 0 Å². The van der Waals surface area contributed by atoms with Gasteiger partial charge in [-0.05, 0) is 68.6 Å². The zero-order chi connectivity index (χ0) is 56.7. The number of nitrogens with two attached hydrogens (primary N) is 5. The van der Waals surface area contributed by atoms with E-state index >= 15 is 0 Å². The average Bonchev–Trinajstić information content (AvgIpc) is 3.77. The summed E-state index contributed by atoms with van der Waals surface area (Å²) in [7, 11) is -3.80. The van der Waals surface area contributed by atoms with E-state index in [0.29, 0.717) is 11.1 Å². The first kappa shape index (κ1) is 61.2. The summed E-state index contributed by atoms with van der Waals surface area (Å²) in [6, 6.07) is 5.53. The fourth-order valence-electron chi connectivity index (χ4n) is 8.28. The van der Waals surface area contributed by atoms with Gasteiger partial charge in [0, 0.05) is 69.2 Å². The first-order chi connectivity index (χ1) is 36.5. The number of fused-ring (bicyclic) bond motifs is 1. The van der Waals surface area contributed by atoms with Crippen LogP contribution >= 0.6 is 0 Å². The highest BCUT2D eigenvalue weighted by Crippen LogP contribution is 2.20. The zero-order valence-corrected chi connectivity index (χ0v) is 43.9. The van der Waals surface area contributed by atoms with Crippen LogP contribution in [-0.4, -0.2) is 152 Å². The second-order valence-electron chi connectivity index (χ2n) is 18.6. The number of aliphatic imine (C=N–C) groups is 2. The third-order valence-electron chi connectivity index (χ3n) is 12.2. The molecule has 1 saturated heterocycles. The fourth-order valence-corrected chi connectivity index (χ4v) is 8.94. The summed E-state index contributed by atoms with van der Waals surface area (Å²) in [4.78, 5) is 135. The van der Waals surface area contributed by atoms with Gasteiger partial charge in [0.05, 0.1) is 5.75 Å². The number of nitrogens with zero attached hydrogens (tertiary/aromatic N) is 2. The molecule has 1 fully saturated rings. The molecule has 1 aliphatic rings. The number of hydrogen-bond acceptors (Lipinski definition) is 13. The lowest BCUT2D eigenvalue weighted by atomic mass is 10.0. The standard InChI is InChI=1S/C49H72N16O11S/c1-28(66)59-34(16-9-21-56-48(51)52)42(69)61-35-15-8-18-40(67)55-23-19-33(41(50)68)60-47(74)39(26-30-27-58-32-14-7-6-13-31(30)32)65-44(71)36(17-10-22-57-49(53)54)62-46(73)38(25-29-11-4-3-5-12-29)64-45(72)37(63-43(35)70)20-24-77(2,75)76/h3-7,11-14,27,33-39,58H,8-10,15-26H2,1-2H3,(H2,50,68)(H,55,67)(H,59,66)(H,60,74)(H,61,69)(H,62,73)(H,63,70)(H,64,72)(H,65,71)(H4,51,52,56)(H4,53,54,57)/t33-,34-,35-,36-,37-,38+,39-/m0/s1. The summed E-state index contributed by atoms with van der Waals surface area (Å²) in [6.07, 6.45) is 1.21. The number of para-hydroxylation sites is 1. The van der Waals surface area contributed by atoms with Gasteiger partial charge in [-0.1, -0.05) is 48.5 Å². The Hall–Kier alpha value is -8.30. The maximum atomic E-state index is 14.6. The Morgan fingerprint density at radius 3 is 1.91 bits per heavy atom. The Balaban J connectivity index is 1.80. The first-order valence-corrected chi connectivity index (χ1v) is 27.1. The predicted octanol–water partition coefficient (Wildman–Crippen LogP) is -3.92. The molecule has 19 N–H and O–H groups in total. The topological polar surface area (TPSA) is 455 Å². The van der Waals surface area contributed by atoms with Crippen LogP contribution in [0.2, 0.25) is 0 Å². The first-order valence-electron chi connectivity index (χ1n) is 25.0. The van der Waals surface area contributed by atoms with Crippen LogP contribution < -0.4 is 71.2 Å². The van der Waals surface area contributed by atoms with Gasteiger partial charge in [-0.3, -0.25) is 53.1 Å². The van der Waals surface area contributed by atoms with Gasteiger partial charge in [-0.2, -0.15) is 0 Å². The van der Waals surface area contributed by atoms with Gasteiger partial charge in [-0.15, -0.1) is 0 Å². The Morgan fingerprint density at radius 2 is 1.27 bits per heavy atom. The van der Waals surface area contributed by atoms with Crippen molar-refractivity contribution in [2.24, 2.45) is 38.7 Å². The van der Waals surface area contributed by atoms with Gasteiger partial charge in [0.15, 0.2) is 11.9 Å². The summed E-state index contributed by atoms with van der Waals surface area (Å²) < 4.78 is 25.1. The second kappa shape index (κ2) is 30.3. The highest BCUT2D eigenvalue weighted by Gasteiger charge is 2.35. The van der Waals surface area contributed by atoms with Gasteiger partial charge in [0.1, 0.15) is 52.1 Å². The maximum Gasteiger partial charge on any atom is 0.243 e. The smallest absolute Gasteiger partial charge is 0.243 e. The maximum absolute atomic E-state index is 14.6. The minimum Gasteiger partial charge on any atom is -0.370 e. The molecule has 0 bridgehead atoms. The number of carbonyl (C=O) groups excluding carboxylic acids is 9. The molecule has 0 aliphatic carbocycles. The minimum atomic E-state index is -3.80. The zero-order valence-electron chi connectivity index (χ0n) is 43.1. The Labute approximate surface area is 445 Å². The minimum absolute atomic E-state index is 0.0126. The lowest BCUT2D eigenvalue weighted by Crippen LogP contribution is -2.60. The van der Waals surface area contributed by atoms with Gasteiger partial charge in [-0.25, -0.2) is 8.42 Å². The van der Waals surface area contributed by atoms with Crippen molar-refractivity contribution in [2.75, 3.05) is 31.6 Å².